The normalized spacial score (nSPS) is 28.0. The molecule has 1 aliphatic carbocycles. The maximum absolute atomic E-state index is 12.2. The second-order valence-corrected chi connectivity index (χ2v) is 5.37. The second-order valence-electron chi connectivity index (χ2n) is 5.37. The summed E-state index contributed by atoms with van der Waals surface area (Å²) in [5.74, 6) is -1.14. The molecule has 2 rings (SSSR count). The fourth-order valence-corrected chi connectivity index (χ4v) is 2.78. The van der Waals surface area contributed by atoms with Crippen molar-refractivity contribution in [3.05, 3.63) is 24.2 Å². The van der Waals surface area contributed by atoms with Crippen LogP contribution in [0.1, 0.15) is 38.5 Å². The van der Waals surface area contributed by atoms with Crippen molar-refractivity contribution in [2.45, 2.75) is 32.7 Å². The minimum atomic E-state index is -0.879. The molecular weight excluding hydrogens is 246 g/mol. The highest BCUT2D eigenvalue weighted by Crippen LogP contribution is 2.36. The number of hydrogen-bond acceptors (Lipinski definition) is 3. The molecule has 0 radical (unpaired) electrons. The molecule has 0 bridgehead atoms. The summed E-state index contributed by atoms with van der Waals surface area (Å²) in [6, 6.07) is 3.31. The number of rotatable bonds is 4. The number of carboxylic acids is 1. The third kappa shape index (κ3) is 2.97. The fraction of sp³-hybridized carbons (Fsp3) is 0.571. The van der Waals surface area contributed by atoms with Crippen LogP contribution < -0.4 is 5.32 Å². The van der Waals surface area contributed by atoms with Gasteiger partial charge in [-0.3, -0.25) is 9.59 Å². The molecule has 5 heteroatoms. The van der Waals surface area contributed by atoms with E-state index in [-0.39, 0.29) is 17.9 Å². The summed E-state index contributed by atoms with van der Waals surface area (Å²) in [7, 11) is 0. The lowest BCUT2D eigenvalue weighted by Gasteiger charge is -2.18. The molecule has 1 heterocycles. The quantitative estimate of drug-likeness (QED) is 0.874. The molecule has 1 saturated carbocycles. The lowest BCUT2D eigenvalue weighted by molar-refractivity contribution is -0.146. The van der Waals surface area contributed by atoms with Crippen LogP contribution in [0.15, 0.2) is 22.8 Å². The molecule has 104 valence electrons. The van der Waals surface area contributed by atoms with Crippen LogP contribution in [0.25, 0.3) is 0 Å². The van der Waals surface area contributed by atoms with Crippen LogP contribution in [0.4, 0.5) is 0 Å². The molecule has 4 atom stereocenters. The van der Waals surface area contributed by atoms with Gasteiger partial charge < -0.3 is 14.8 Å². The van der Waals surface area contributed by atoms with Crippen molar-refractivity contribution in [2.75, 3.05) is 0 Å². The van der Waals surface area contributed by atoms with Crippen LogP contribution >= 0.6 is 0 Å². The molecule has 1 unspecified atom stereocenters. The highest BCUT2D eigenvalue weighted by atomic mass is 16.4. The van der Waals surface area contributed by atoms with Crippen molar-refractivity contribution >= 4 is 11.9 Å². The summed E-state index contributed by atoms with van der Waals surface area (Å²) in [6.45, 7) is 3.81. The van der Waals surface area contributed by atoms with Crippen LogP contribution in [0.2, 0.25) is 0 Å². The summed E-state index contributed by atoms with van der Waals surface area (Å²) in [4.78, 5) is 23.4. The first-order valence-corrected chi connectivity index (χ1v) is 6.55. The van der Waals surface area contributed by atoms with Gasteiger partial charge in [-0.25, -0.2) is 0 Å². The average Bonchev–Trinajstić information content (AvgIpc) is 2.96. The Morgan fingerprint density at radius 1 is 1.42 bits per heavy atom. The number of amides is 1. The van der Waals surface area contributed by atoms with E-state index in [0.29, 0.717) is 18.6 Å². The van der Waals surface area contributed by atoms with Crippen LogP contribution in [0.3, 0.4) is 0 Å². The maximum atomic E-state index is 12.2. The van der Waals surface area contributed by atoms with Gasteiger partial charge >= 0.3 is 5.97 Å². The molecule has 1 amide bonds. The van der Waals surface area contributed by atoms with E-state index in [1.165, 1.54) is 0 Å². The Morgan fingerprint density at radius 3 is 2.68 bits per heavy atom. The Bertz CT molecular complexity index is 454. The van der Waals surface area contributed by atoms with Crippen molar-refractivity contribution in [1.82, 2.24) is 5.32 Å². The van der Waals surface area contributed by atoms with Crippen LogP contribution in [-0.4, -0.2) is 17.0 Å². The first-order chi connectivity index (χ1) is 8.99. The molecule has 2 N–H and O–H groups in total. The minimum absolute atomic E-state index is 0.194. The van der Waals surface area contributed by atoms with Crippen molar-refractivity contribution in [3.8, 4) is 0 Å². The molecule has 0 spiro atoms. The first kappa shape index (κ1) is 13.6. The predicted molar refractivity (Wildman–Crippen MR) is 68.3 cm³/mol. The summed E-state index contributed by atoms with van der Waals surface area (Å²) >= 11 is 0. The van der Waals surface area contributed by atoms with Crippen molar-refractivity contribution < 1.29 is 19.1 Å². The van der Waals surface area contributed by atoms with Gasteiger partial charge in [0.1, 0.15) is 5.76 Å². The molecule has 1 fully saturated rings. The van der Waals surface area contributed by atoms with Crippen LogP contribution in [-0.2, 0) is 9.59 Å². The monoisotopic (exact) mass is 265 g/mol. The number of aliphatic carboxylic acids is 1. The molecule has 19 heavy (non-hydrogen) atoms. The maximum Gasteiger partial charge on any atom is 0.307 e. The number of carbonyl (C=O) groups excluding carboxylic acids is 1. The van der Waals surface area contributed by atoms with E-state index < -0.39 is 17.8 Å². The highest BCUT2D eigenvalue weighted by molar-refractivity contribution is 5.85. The Labute approximate surface area is 112 Å². The van der Waals surface area contributed by atoms with Gasteiger partial charge in [-0.1, -0.05) is 6.92 Å². The van der Waals surface area contributed by atoms with Crippen molar-refractivity contribution in [1.29, 1.82) is 0 Å². The fourth-order valence-electron chi connectivity index (χ4n) is 2.78. The minimum Gasteiger partial charge on any atom is -0.481 e. The summed E-state index contributed by atoms with van der Waals surface area (Å²) in [6.07, 6.45) is 2.76. The zero-order valence-electron chi connectivity index (χ0n) is 11.1. The summed E-state index contributed by atoms with van der Waals surface area (Å²) < 4.78 is 5.22. The van der Waals surface area contributed by atoms with Gasteiger partial charge in [-0.05, 0) is 37.8 Å². The standard InChI is InChI=1S/C14H19NO4/c1-8-6-10(11(7-8)14(17)18)13(16)15-9(2)12-4-3-5-19-12/h3-5,8-11H,6-7H2,1-2H3,(H,15,16)(H,17,18)/t8?,9-,10-,11+/m0/s1. The van der Waals surface area contributed by atoms with E-state index in [1.807, 2.05) is 13.8 Å². The Kier molecular flexibility index (Phi) is 3.93. The summed E-state index contributed by atoms with van der Waals surface area (Å²) in [5, 5.41) is 12.0. The van der Waals surface area contributed by atoms with E-state index in [4.69, 9.17) is 9.52 Å². The van der Waals surface area contributed by atoms with E-state index in [9.17, 15) is 9.59 Å². The molecule has 1 aliphatic rings. The molecular formula is C14H19NO4. The SMILES string of the molecule is CC1C[C@H](C(=O)N[C@@H](C)c2ccco2)[C@H](C(=O)O)C1. The molecule has 1 aromatic rings. The van der Waals surface area contributed by atoms with E-state index >= 15 is 0 Å². The van der Waals surface area contributed by atoms with Crippen LogP contribution in [0.5, 0.6) is 0 Å². The topological polar surface area (TPSA) is 79.5 Å². The van der Waals surface area contributed by atoms with Gasteiger partial charge in [0.25, 0.3) is 0 Å². The lowest BCUT2D eigenvalue weighted by Crippen LogP contribution is -2.36. The Hall–Kier alpha value is -1.78. The molecule has 0 saturated heterocycles. The third-order valence-corrected chi connectivity index (χ3v) is 3.78. The van der Waals surface area contributed by atoms with Gasteiger partial charge in [-0.15, -0.1) is 0 Å². The number of furan rings is 1. The van der Waals surface area contributed by atoms with Gasteiger partial charge in [0.05, 0.1) is 24.1 Å². The van der Waals surface area contributed by atoms with Crippen LogP contribution in [0, 0.1) is 17.8 Å². The van der Waals surface area contributed by atoms with Crippen molar-refractivity contribution in [3.63, 3.8) is 0 Å². The number of carboxylic acid groups (broad SMARTS) is 1. The van der Waals surface area contributed by atoms with Gasteiger partial charge in [0.15, 0.2) is 0 Å². The molecule has 0 aromatic carbocycles. The smallest absolute Gasteiger partial charge is 0.307 e. The third-order valence-electron chi connectivity index (χ3n) is 3.78. The predicted octanol–water partition coefficient (Wildman–Crippen LogP) is 2.20. The lowest BCUT2D eigenvalue weighted by atomic mass is 9.95. The first-order valence-electron chi connectivity index (χ1n) is 6.55. The highest BCUT2D eigenvalue weighted by Gasteiger charge is 2.41. The Balaban J connectivity index is 2.01. The van der Waals surface area contributed by atoms with E-state index in [2.05, 4.69) is 5.32 Å². The molecule has 1 aromatic heterocycles. The van der Waals surface area contributed by atoms with Gasteiger partial charge in [-0.2, -0.15) is 0 Å². The number of hydrogen-bond donors (Lipinski definition) is 2. The Morgan fingerprint density at radius 2 is 2.11 bits per heavy atom. The van der Waals surface area contributed by atoms with Gasteiger partial charge in [0, 0.05) is 0 Å². The zero-order chi connectivity index (χ0) is 14.0. The number of carbonyl (C=O) groups is 2. The molecule has 0 aliphatic heterocycles. The van der Waals surface area contributed by atoms with Gasteiger partial charge in [0.2, 0.25) is 5.91 Å². The summed E-state index contributed by atoms with van der Waals surface area (Å²) in [5.41, 5.74) is 0. The largest absolute Gasteiger partial charge is 0.481 e. The molecule has 5 nitrogen and oxygen atoms in total. The number of nitrogens with one attached hydrogen (secondary N) is 1. The van der Waals surface area contributed by atoms with Crippen molar-refractivity contribution in [2.24, 2.45) is 17.8 Å². The van der Waals surface area contributed by atoms with E-state index in [1.54, 1.807) is 18.4 Å². The second kappa shape index (κ2) is 5.47. The zero-order valence-corrected chi connectivity index (χ0v) is 11.1. The average molecular weight is 265 g/mol. The van der Waals surface area contributed by atoms with E-state index in [0.717, 1.165) is 0 Å².